The van der Waals surface area contributed by atoms with E-state index in [1.54, 1.807) is 22.7 Å². The van der Waals surface area contributed by atoms with E-state index in [0.717, 1.165) is 12.8 Å². The Bertz CT molecular complexity index is 1970. The lowest BCUT2D eigenvalue weighted by atomic mass is 9.91. The van der Waals surface area contributed by atoms with Crippen molar-refractivity contribution in [2.24, 2.45) is 0 Å². The van der Waals surface area contributed by atoms with Crippen LogP contribution in [-0.4, -0.2) is 0 Å². The minimum atomic E-state index is 1.14. The van der Waals surface area contributed by atoms with E-state index in [-0.39, 0.29) is 0 Å². The Morgan fingerprint density at radius 2 is 0.704 bits per heavy atom. The summed E-state index contributed by atoms with van der Waals surface area (Å²) in [5.41, 5.74) is 11.2. The molecule has 0 unspecified atom stereocenters. The van der Waals surface area contributed by atoms with Crippen LogP contribution in [0.1, 0.15) is 102 Å². The molecular formula is C50H54S4. The molecule has 4 heterocycles. The Balaban J connectivity index is 1.20. The van der Waals surface area contributed by atoms with Crippen molar-refractivity contribution < 1.29 is 0 Å². The van der Waals surface area contributed by atoms with Gasteiger partial charge < -0.3 is 0 Å². The van der Waals surface area contributed by atoms with E-state index in [0.29, 0.717) is 0 Å². The average molecular weight is 783 g/mol. The zero-order chi connectivity index (χ0) is 37.0. The van der Waals surface area contributed by atoms with Gasteiger partial charge >= 0.3 is 0 Å². The lowest BCUT2D eigenvalue weighted by Crippen LogP contribution is -1.97. The van der Waals surface area contributed by atoms with Crippen LogP contribution in [0.15, 0.2) is 120 Å². The maximum Gasteiger partial charge on any atom is 0.0352 e. The largest absolute Gasteiger partial charge is 0.144 e. The number of hydrogen-bond donors (Lipinski definition) is 0. The van der Waals surface area contributed by atoms with Crippen LogP contribution in [0.2, 0.25) is 0 Å². The van der Waals surface area contributed by atoms with Gasteiger partial charge in [0.15, 0.2) is 0 Å². The number of unbranched alkanes of at least 4 members (excludes halogenated alkanes) is 10. The summed E-state index contributed by atoms with van der Waals surface area (Å²) in [6.07, 6.45) is 18.1. The molecule has 7 rings (SSSR count). The molecule has 0 atom stereocenters. The zero-order valence-electron chi connectivity index (χ0n) is 32.1. The molecule has 0 aliphatic carbocycles. The highest BCUT2D eigenvalue weighted by Crippen LogP contribution is 2.43. The maximum atomic E-state index is 2.61. The first-order valence-electron chi connectivity index (χ1n) is 20.3. The first-order chi connectivity index (χ1) is 26.7. The second-order valence-corrected chi connectivity index (χ2v) is 18.7. The average Bonchev–Trinajstić information content (AvgIpc) is 4.06. The zero-order valence-corrected chi connectivity index (χ0v) is 35.3. The highest BCUT2D eigenvalue weighted by molar-refractivity contribution is 7.19. The molecular weight excluding hydrogens is 729 g/mol. The molecule has 4 aromatic heterocycles. The van der Waals surface area contributed by atoms with Gasteiger partial charge in [-0.3, -0.25) is 0 Å². The summed E-state index contributed by atoms with van der Waals surface area (Å²) in [7, 11) is 0. The monoisotopic (exact) mass is 782 g/mol. The first kappa shape index (κ1) is 38.7. The van der Waals surface area contributed by atoms with Crippen LogP contribution >= 0.6 is 45.3 Å². The summed E-state index contributed by atoms with van der Waals surface area (Å²) in [5, 5.41) is 4.32. The van der Waals surface area contributed by atoms with Crippen LogP contribution in [0.3, 0.4) is 0 Å². The predicted molar refractivity (Wildman–Crippen MR) is 245 cm³/mol. The van der Waals surface area contributed by atoms with Crippen LogP contribution in [0.4, 0.5) is 0 Å². The second-order valence-electron chi connectivity index (χ2n) is 14.6. The fourth-order valence-electron chi connectivity index (χ4n) is 7.51. The van der Waals surface area contributed by atoms with E-state index in [4.69, 9.17) is 0 Å². The number of thiophene rings is 4. The van der Waals surface area contributed by atoms with Gasteiger partial charge in [-0.15, -0.1) is 45.3 Å². The Morgan fingerprint density at radius 1 is 0.352 bits per heavy atom. The van der Waals surface area contributed by atoms with Crippen molar-refractivity contribution in [3.63, 3.8) is 0 Å². The molecule has 7 aromatic rings. The van der Waals surface area contributed by atoms with Crippen molar-refractivity contribution in [2.75, 3.05) is 0 Å². The smallest absolute Gasteiger partial charge is 0.0352 e. The van der Waals surface area contributed by atoms with Gasteiger partial charge in [0.05, 0.1) is 0 Å². The quantitative estimate of drug-likeness (QED) is 0.0676. The van der Waals surface area contributed by atoms with E-state index >= 15 is 0 Å². The number of aryl methyl sites for hydroxylation is 2. The van der Waals surface area contributed by atoms with Gasteiger partial charge in [0.1, 0.15) is 0 Å². The van der Waals surface area contributed by atoms with Gasteiger partial charge in [0, 0.05) is 29.3 Å². The van der Waals surface area contributed by atoms with Crippen molar-refractivity contribution in [3.05, 3.63) is 131 Å². The van der Waals surface area contributed by atoms with E-state index in [9.17, 15) is 0 Å². The topological polar surface area (TPSA) is 0 Å². The van der Waals surface area contributed by atoms with E-state index < -0.39 is 0 Å². The third-order valence-corrected chi connectivity index (χ3v) is 14.8. The highest BCUT2D eigenvalue weighted by Gasteiger charge is 2.17. The molecule has 0 aliphatic rings. The van der Waals surface area contributed by atoms with E-state index in [1.165, 1.54) is 151 Å². The standard InChI is InChI=1S/C50H54S4/c1-3-5-7-9-11-13-17-41-35-44(50-32-30-48(54-50)40-27-23-38(24-28-40)46-20-16-34-52-46)42(18-14-12-10-8-6-4-2)36-43(41)49-31-29-47(53-49)39-25-21-37(22-26-39)45-19-15-33-51-45/h15-16,19-36H,3-14,17-18H2,1-2H3. The van der Waals surface area contributed by atoms with Crippen molar-refractivity contribution in [3.8, 4) is 62.6 Å². The highest BCUT2D eigenvalue weighted by atomic mass is 32.1. The van der Waals surface area contributed by atoms with Crippen LogP contribution in [0.5, 0.6) is 0 Å². The second kappa shape index (κ2) is 19.9. The first-order valence-corrected chi connectivity index (χ1v) is 23.7. The van der Waals surface area contributed by atoms with Crippen LogP contribution < -0.4 is 0 Å². The molecule has 0 spiro atoms. The molecule has 278 valence electrons. The van der Waals surface area contributed by atoms with E-state index in [1.807, 2.05) is 22.7 Å². The maximum absolute atomic E-state index is 2.61. The van der Waals surface area contributed by atoms with Gasteiger partial charge in [-0.05, 0) is 129 Å². The molecule has 0 fully saturated rings. The Hall–Kier alpha value is -3.54. The van der Waals surface area contributed by atoms with Gasteiger partial charge in [-0.2, -0.15) is 0 Å². The van der Waals surface area contributed by atoms with Crippen LogP contribution in [0, 0.1) is 0 Å². The van der Waals surface area contributed by atoms with Gasteiger partial charge in [-0.1, -0.05) is 139 Å². The summed E-state index contributed by atoms with van der Waals surface area (Å²) in [4.78, 5) is 8.17. The van der Waals surface area contributed by atoms with Crippen molar-refractivity contribution >= 4 is 45.3 Å². The van der Waals surface area contributed by atoms with Crippen molar-refractivity contribution in [1.29, 1.82) is 0 Å². The molecule has 0 N–H and O–H groups in total. The summed E-state index contributed by atoms with van der Waals surface area (Å²) >= 11 is 7.54. The number of hydrogen-bond acceptors (Lipinski definition) is 4. The molecule has 0 nitrogen and oxygen atoms in total. The predicted octanol–water partition coefficient (Wildman–Crippen LogP) is 17.7. The normalized spacial score (nSPS) is 11.4. The molecule has 0 bridgehead atoms. The lowest BCUT2D eigenvalue weighted by Gasteiger charge is -2.16. The SMILES string of the molecule is CCCCCCCCc1cc(-c2ccc(-c3ccc(-c4cccs4)cc3)s2)c(CCCCCCCC)cc1-c1ccc(-c2ccc(-c3cccs3)cc2)s1. The number of benzene rings is 3. The number of rotatable bonds is 20. The third kappa shape index (κ3) is 10.0. The molecule has 0 radical (unpaired) electrons. The summed E-state index contributed by atoms with van der Waals surface area (Å²) < 4.78 is 0. The Morgan fingerprint density at radius 3 is 1.07 bits per heavy atom. The van der Waals surface area contributed by atoms with Gasteiger partial charge in [0.25, 0.3) is 0 Å². The third-order valence-electron chi connectivity index (χ3n) is 10.6. The van der Waals surface area contributed by atoms with Gasteiger partial charge in [-0.25, -0.2) is 0 Å². The van der Waals surface area contributed by atoms with Crippen LogP contribution in [0.25, 0.3) is 62.6 Å². The van der Waals surface area contributed by atoms with E-state index in [2.05, 4.69) is 134 Å². The fraction of sp³-hybridized carbons (Fsp3) is 0.320. The molecule has 0 aliphatic heterocycles. The summed E-state index contributed by atoms with van der Waals surface area (Å²) in [6, 6.07) is 41.8. The summed E-state index contributed by atoms with van der Waals surface area (Å²) in [6.45, 7) is 4.62. The molecule has 4 heteroatoms. The Labute approximate surface area is 340 Å². The van der Waals surface area contributed by atoms with Crippen molar-refractivity contribution in [2.45, 2.75) is 104 Å². The summed E-state index contributed by atoms with van der Waals surface area (Å²) in [5.74, 6) is 0. The van der Waals surface area contributed by atoms with Crippen LogP contribution in [-0.2, 0) is 12.8 Å². The molecule has 3 aromatic carbocycles. The molecule has 54 heavy (non-hydrogen) atoms. The minimum absolute atomic E-state index is 1.14. The van der Waals surface area contributed by atoms with Gasteiger partial charge in [0.2, 0.25) is 0 Å². The minimum Gasteiger partial charge on any atom is -0.144 e. The van der Waals surface area contributed by atoms with Crippen molar-refractivity contribution in [1.82, 2.24) is 0 Å². The molecule has 0 saturated heterocycles. The Kier molecular flexibility index (Phi) is 14.2. The molecule has 0 amide bonds. The lowest BCUT2D eigenvalue weighted by molar-refractivity contribution is 0.606. The fourth-order valence-corrected chi connectivity index (χ4v) is 11.1. The molecule has 0 saturated carbocycles.